The first-order chi connectivity index (χ1) is 5.57. The van der Waals surface area contributed by atoms with Gasteiger partial charge < -0.3 is 11.5 Å². The van der Waals surface area contributed by atoms with Gasteiger partial charge in [-0.15, -0.1) is 0 Å². The van der Waals surface area contributed by atoms with Crippen LogP contribution in [0, 0.1) is 11.8 Å². The number of primary amides is 1. The van der Waals surface area contributed by atoms with Crippen LogP contribution in [-0.2, 0) is 4.79 Å². The Kier molecular flexibility index (Phi) is 6.20. The zero-order valence-corrected chi connectivity index (χ0v) is 8.56. The average molecular weight is 190 g/mol. The van der Waals surface area contributed by atoms with Crippen LogP contribution < -0.4 is 11.5 Å². The van der Waals surface area contributed by atoms with Crippen LogP contribution in [0.15, 0.2) is 0 Å². The van der Waals surface area contributed by atoms with E-state index in [1.807, 2.05) is 6.92 Å². The van der Waals surface area contributed by atoms with Gasteiger partial charge in [0.25, 0.3) is 0 Å². The average Bonchev–Trinajstić information content (AvgIpc) is 2.03. The van der Waals surface area contributed by atoms with E-state index < -0.39 is 0 Å². The number of thioether (sulfide) groups is 1. The van der Waals surface area contributed by atoms with Crippen LogP contribution in [0.3, 0.4) is 0 Å². The second-order valence-corrected chi connectivity index (χ2v) is 4.26. The molecule has 0 saturated carbocycles. The molecule has 0 heterocycles. The summed E-state index contributed by atoms with van der Waals surface area (Å²) in [6.45, 7) is 4.66. The van der Waals surface area contributed by atoms with Gasteiger partial charge in [0.15, 0.2) is 0 Å². The molecule has 0 aromatic carbocycles. The maximum Gasteiger partial charge on any atom is 0.221 e. The van der Waals surface area contributed by atoms with E-state index in [0.717, 1.165) is 11.5 Å². The van der Waals surface area contributed by atoms with Gasteiger partial charge in [-0.1, -0.05) is 13.8 Å². The molecule has 0 bridgehead atoms. The van der Waals surface area contributed by atoms with Gasteiger partial charge in [0.2, 0.25) is 5.91 Å². The molecule has 2 atom stereocenters. The van der Waals surface area contributed by atoms with Gasteiger partial charge >= 0.3 is 0 Å². The molecule has 0 radical (unpaired) electrons. The number of hydrogen-bond acceptors (Lipinski definition) is 3. The van der Waals surface area contributed by atoms with Gasteiger partial charge in [-0.25, -0.2) is 0 Å². The van der Waals surface area contributed by atoms with Gasteiger partial charge in [0.05, 0.1) is 0 Å². The summed E-state index contributed by atoms with van der Waals surface area (Å²) in [4.78, 5) is 10.6. The number of nitrogens with two attached hydrogens (primary N) is 2. The predicted molar refractivity (Wildman–Crippen MR) is 53.9 cm³/mol. The Morgan fingerprint density at radius 3 is 2.42 bits per heavy atom. The highest BCUT2D eigenvalue weighted by Crippen LogP contribution is 2.11. The minimum atomic E-state index is -0.220. The van der Waals surface area contributed by atoms with Crippen LogP contribution in [0.25, 0.3) is 0 Å². The lowest BCUT2D eigenvalue weighted by Gasteiger charge is -2.09. The molecule has 0 aromatic rings. The third-order valence-electron chi connectivity index (χ3n) is 1.66. The topological polar surface area (TPSA) is 69.1 Å². The van der Waals surface area contributed by atoms with Crippen molar-refractivity contribution in [3.8, 4) is 0 Å². The van der Waals surface area contributed by atoms with Crippen LogP contribution >= 0.6 is 11.8 Å². The van der Waals surface area contributed by atoms with Crippen molar-refractivity contribution in [2.24, 2.45) is 23.3 Å². The zero-order valence-electron chi connectivity index (χ0n) is 7.75. The molecule has 1 amide bonds. The summed E-state index contributed by atoms with van der Waals surface area (Å²) >= 11 is 1.74. The van der Waals surface area contributed by atoms with Gasteiger partial charge in [0, 0.05) is 11.7 Å². The Bertz CT molecular complexity index is 141. The van der Waals surface area contributed by atoms with Crippen LogP contribution in [-0.4, -0.2) is 24.0 Å². The Hall–Kier alpha value is -0.220. The van der Waals surface area contributed by atoms with E-state index in [1.54, 1.807) is 11.8 Å². The molecule has 72 valence electrons. The largest absolute Gasteiger partial charge is 0.369 e. The van der Waals surface area contributed by atoms with E-state index in [-0.39, 0.29) is 11.8 Å². The van der Waals surface area contributed by atoms with Crippen molar-refractivity contribution in [1.82, 2.24) is 0 Å². The molecule has 3 nitrogen and oxygen atoms in total. The molecule has 0 aliphatic rings. The van der Waals surface area contributed by atoms with E-state index in [1.165, 1.54) is 0 Å². The Morgan fingerprint density at radius 2 is 2.00 bits per heavy atom. The SMILES string of the molecule is CC(CN)CSCC(C)C(N)=O. The highest BCUT2D eigenvalue weighted by Gasteiger charge is 2.08. The number of amides is 1. The van der Waals surface area contributed by atoms with Gasteiger partial charge in [0.1, 0.15) is 0 Å². The first-order valence-corrected chi connectivity index (χ1v) is 5.30. The van der Waals surface area contributed by atoms with Crippen molar-refractivity contribution in [2.75, 3.05) is 18.1 Å². The Morgan fingerprint density at radius 1 is 1.42 bits per heavy atom. The van der Waals surface area contributed by atoms with E-state index in [4.69, 9.17) is 11.5 Å². The quantitative estimate of drug-likeness (QED) is 0.638. The van der Waals surface area contributed by atoms with Crippen LogP contribution in [0.2, 0.25) is 0 Å². The standard InChI is InChI=1S/C8H18N2OS/c1-6(3-9)4-12-5-7(2)8(10)11/h6-7H,3-5,9H2,1-2H3,(H2,10,11). The third-order valence-corrected chi connectivity index (χ3v) is 3.20. The minimum absolute atomic E-state index is 0.0278. The summed E-state index contributed by atoms with van der Waals surface area (Å²) in [7, 11) is 0. The summed E-state index contributed by atoms with van der Waals surface area (Å²) in [6.07, 6.45) is 0. The number of carbonyl (C=O) groups excluding carboxylic acids is 1. The molecule has 0 aliphatic carbocycles. The van der Waals surface area contributed by atoms with Crippen molar-refractivity contribution < 1.29 is 4.79 Å². The normalized spacial score (nSPS) is 15.6. The van der Waals surface area contributed by atoms with Gasteiger partial charge in [-0.05, 0) is 18.2 Å². The zero-order chi connectivity index (χ0) is 9.56. The number of rotatable bonds is 6. The molecule has 0 rings (SSSR count). The highest BCUT2D eigenvalue weighted by atomic mass is 32.2. The lowest BCUT2D eigenvalue weighted by molar-refractivity contribution is -0.120. The monoisotopic (exact) mass is 190 g/mol. The fraction of sp³-hybridized carbons (Fsp3) is 0.875. The molecule has 0 aliphatic heterocycles. The molecule has 0 fully saturated rings. The van der Waals surface area contributed by atoms with Crippen LogP contribution in [0.1, 0.15) is 13.8 Å². The fourth-order valence-electron chi connectivity index (χ4n) is 0.596. The maximum atomic E-state index is 10.6. The molecular weight excluding hydrogens is 172 g/mol. The highest BCUT2D eigenvalue weighted by molar-refractivity contribution is 7.99. The van der Waals surface area contributed by atoms with E-state index in [9.17, 15) is 4.79 Å². The van der Waals surface area contributed by atoms with E-state index in [2.05, 4.69) is 6.92 Å². The van der Waals surface area contributed by atoms with Crippen LogP contribution in [0.4, 0.5) is 0 Å². The maximum absolute atomic E-state index is 10.6. The molecule has 4 heteroatoms. The summed E-state index contributed by atoms with van der Waals surface area (Å²) in [5.41, 5.74) is 10.6. The summed E-state index contributed by atoms with van der Waals surface area (Å²) < 4.78 is 0. The summed E-state index contributed by atoms with van der Waals surface area (Å²) in [5.74, 6) is 2.09. The van der Waals surface area contributed by atoms with Crippen molar-refractivity contribution in [3.05, 3.63) is 0 Å². The molecule has 0 aromatic heterocycles. The number of hydrogen-bond donors (Lipinski definition) is 2. The van der Waals surface area contributed by atoms with Crippen molar-refractivity contribution in [3.63, 3.8) is 0 Å². The van der Waals surface area contributed by atoms with Crippen LogP contribution in [0.5, 0.6) is 0 Å². The summed E-state index contributed by atoms with van der Waals surface area (Å²) in [5, 5.41) is 0. The molecule has 4 N–H and O–H groups in total. The van der Waals surface area contributed by atoms with E-state index >= 15 is 0 Å². The van der Waals surface area contributed by atoms with Crippen molar-refractivity contribution >= 4 is 17.7 Å². The molecule has 0 spiro atoms. The molecule has 2 unspecified atom stereocenters. The molecular formula is C8H18N2OS. The Balaban J connectivity index is 3.37. The lowest BCUT2D eigenvalue weighted by Crippen LogP contribution is -2.23. The van der Waals surface area contributed by atoms with Crippen molar-refractivity contribution in [2.45, 2.75) is 13.8 Å². The third kappa shape index (κ3) is 5.43. The summed E-state index contributed by atoms with van der Waals surface area (Å²) in [6, 6.07) is 0. The number of carbonyl (C=O) groups is 1. The smallest absolute Gasteiger partial charge is 0.221 e. The van der Waals surface area contributed by atoms with Gasteiger partial charge in [-0.2, -0.15) is 11.8 Å². The lowest BCUT2D eigenvalue weighted by atomic mass is 10.2. The fourth-order valence-corrected chi connectivity index (χ4v) is 1.79. The van der Waals surface area contributed by atoms with Gasteiger partial charge in [-0.3, -0.25) is 4.79 Å². The first-order valence-electron chi connectivity index (χ1n) is 4.15. The first kappa shape index (κ1) is 11.8. The molecule has 12 heavy (non-hydrogen) atoms. The second-order valence-electron chi connectivity index (χ2n) is 3.18. The molecule has 0 saturated heterocycles. The minimum Gasteiger partial charge on any atom is -0.369 e. The predicted octanol–water partition coefficient (Wildman–Crippen LogP) is 0.436. The van der Waals surface area contributed by atoms with E-state index in [0.29, 0.717) is 12.5 Å². The second kappa shape index (κ2) is 6.31. The Labute approximate surface area is 78.3 Å². The van der Waals surface area contributed by atoms with Crippen molar-refractivity contribution in [1.29, 1.82) is 0 Å².